The van der Waals surface area contributed by atoms with Gasteiger partial charge in [-0.25, -0.2) is 19.6 Å². The molecule has 3 heterocycles. The highest BCUT2D eigenvalue weighted by Gasteiger charge is 2.46. The molecule has 1 fully saturated rings. The average Bonchev–Trinajstić information content (AvgIpc) is 3.40. The van der Waals surface area contributed by atoms with Crippen LogP contribution in [0.1, 0.15) is 53.0 Å². The van der Waals surface area contributed by atoms with Crippen LogP contribution in [0.2, 0.25) is 0 Å². The minimum Gasteiger partial charge on any atom is -0.471 e. The molecule has 2 aromatic carbocycles. The van der Waals surface area contributed by atoms with Crippen molar-refractivity contribution in [1.29, 1.82) is 0 Å². The van der Waals surface area contributed by atoms with Gasteiger partial charge < -0.3 is 24.4 Å². The highest BCUT2D eigenvalue weighted by Crippen LogP contribution is 2.34. The van der Waals surface area contributed by atoms with E-state index in [1.807, 2.05) is 71.0 Å². The lowest BCUT2D eigenvalue weighted by molar-refractivity contribution is -0.152. The van der Waals surface area contributed by atoms with Gasteiger partial charge in [-0.2, -0.15) is 0 Å². The molecule has 3 aromatic rings. The fourth-order valence-corrected chi connectivity index (χ4v) is 5.56. The lowest BCUT2D eigenvalue weighted by Gasteiger charge is -2.35. The van der Waals surface area contributed by atoms with Gasteiger partial charge in [0.15, 0.2) is 0 Å². The van der Waals surface area contributed by atoms with E-state index in [9.17, 15) is 14.4 Å². The highest BCUT2D eigenvalue weighted by molar-refractivity contribution is 5.91. The summed E-state index contributed by atoms with van der Waals surface area (Å²) in [4.78, 5) is 51.2. The number of aromatic nitrogens is 2. The van der Waals surface area contributed by atoms with Crippen LogP contribution in [-0.2, 0) is 25.5 Å². The van der Waals surface area contributed by atoms with E-state index >= 15 is 0 Å². The lowest BCUT2D eigenvalue weighted by atomic mass is 9.85. The zero-order chi connectivity index (χ0) is 30.9. The molecule has 5 rings (SSSR count). The molecule has 2 aliphatic rings. The summed E-state index contributed by atoms with van der Waals surface area (Å²) in [6.07, 6.45) is 0.459. The van der Waals surface area contributed by atoms with Crippen LogP contribution in [0, 0.1) is 10.8 Å². The number of esters is 1. The van der Waals surface area contributed by atoms with Crippen LogP contribution in [0.25, 0.3) is 22.3 Å². The molecule has 1 aromatic heterocycles. The Bertz CT molecular complexity index is 1530. The van der Waals surface area contributed by atoms with E-state index in [1.54, 1.807) is 0 Å². The molecule has 0 spiro atoms. The number of nitrogens with zero attached hydrogens (tertiary/aromatic N) is 3. The molecule has 2 aliphatic heterocycles. The van der Waals surface area contributed by atoms with Gasteiger partial charge in [-0.1, -0.05) is 65.0 Å². The van der Waals surface area contributed by atoms with E-state index in [2.05, 4.69) is 17.4 Å². The summed E-state index contributed by atoms with van der Waals surface area (Å²) in [6.45, 7) is 9.92. The number of aryl methyl sites for hydroxylation is 1. The quantitative estimate of drug-likeness (QED) is 0.398. The van der Waals surface area contributed by atoms with Crippen molar-refractivity contribution in [2.45, 2.75) is 72.1 Å². The Morgan fingerprint density at radius 3 is 2.49 bits per heavy atom. The van der Waals surface area contributed by atoms with Crippen molar-refractivity contribution in [1.82, 2.24) is 20.2 Å². The summed E-state index contributed by atoms with van der Waals surface area (Å²) in [5.41, 5.74) is 2.95. The van der Waals surface area contributed by atoms with Crippen LogP contribution in [-0.4, -0.2) is 71.3 Å². The summed E-state index contributed by atoms with van der Waals surface area (Å²) in [5.74, 6) is -0.641. The maximum atomic E-state index is 14.0. The number of methoxy groups -OCH3 is 1. The smallest absolute Gasteiger partial charge is 0.407 e. The highest BCUT2D eigenvalue weighted by atomic mass is 16.5. The van der Waals surface area contributed by atoms with Crippen LogP contribution in [0.15, 0.2) is 48.5 Å². The molecule has 10 heteroatoms. The molecular weight excluding hydrogens is 548 g/mol. The van der Waals surface area contributed by atoms with Gasteiger partial charge in [0.1, 0.15) is 23.9 Å². The standard InChI is InChI=1S/C33H40N4O6/c1-32(2,3)27-29(38)37-18-22(17-25(37)30(39)41-6)43-28-26(34-23-12-7-8-13-24(23)35-28)21-11-9-10-20(16-21)14-15-33(4,5)19-42-31(40)36-27/h7-13,16,22,25,27H,14-15,17-19H2,1-6H3,(H,36,40)/t22-,25+,27-/m1/s1. The number of ether oxygens (including phenoxy) is 3. The van der Waals surface area contributed by atoms with E-state index in [-0.39, 0.29) is 25.0 Å². The molecule has 1 saturated heterocycles. The van der Waals surface area contributed by atoms with E-state index < -0.39 is 41.6 Å². The molecule has 3 atom stereocenters. The molecular formula is C33H40N4O6. The lowest BCUT2D eigenvalue weighted by Crippen LogP contribution is -2.57. The van der Waals surface area contributed by atoms with Gasteiger partial charge in [0.25, 0.3) is 0 Å². The number of para-hydroxylation sites is 2. The van der Waals surface area contributed by atoms with Crippen LogP contribution in [0.4, 0.5) is 4.79 Å². The molecule has 0 saturated carbocycles. The van der Waals surface area contributed by atoms with E-state index in [4.69, 9.17) is 24.2 Å². The van der Waals surface area contributed by atoms with Gasteiger partial charge in [-0.05, 0) is 47.4 Å². The Labute approximate surface area is 252 Å². The Morgan fingerprint density at radius 1 is 1.07 bits per heavy atom. The first-order valence-electron chi connectivity index (χ1n) is 14.7. The van der Waals surface area contributed by atoms with Gasteiger partial charge in [0.2, 0.25) is 11.8 Å². The number of carbonyl (C=O) groups excluding carboxylic acids is 3. The third kappa shape index (κ3) is 6.73. The molecule has 43 heavy (non-hydrogen) atoms. The molecule has 1 N–H and O–H groups in total. The number of nitrogens with one attached hydrogen (secondary N) is 1. The van der Waals surface area contributed by atoms with E-state index in [1.165, 1.54) is 12.0 Å². The Morgan fingerprint density at radius 2 is 1.79 bits per heavy atom. The third-order valence-corrected chi connectivity index (χ3v) is 8.10. The van der Waals surface area contributed by atoms with Crippen molar-refractivity contribution in [2.75, 3.05) is 20.3 Å². The second-order valence-electron chi connectivity index (χ2n) is 13.3. The zero-order valence-corrected chi connectivity index (χ0v) is 25.7. The first kappa shape index (κ1) is 30.3. The van der Waals surface area contributed by atoms with Crippen LogP contribution >= 0.6 is 0 Å². The minimum atomic E-state index is -0.955. The second-order valence-corrected chi connectivity index (χ2v) is 13.3. The minimum absolute atomic E-state index is 0.100. The van der Waals surface area contributed by atoms with Gasteiger partial charge in [-0.15, -0.1) is 0 Å². The normalized spacial score (nSPS) is 22.8. The number of hydrogen-bond donors (Lipinski definition) is 1. The van der Waals surface area contributed by atoms with Crippen molar-refractivity contribution in [3.63, 3.8) is 0 Å². The first-order valence-corrected chi connectivity index (χ1v) is 14.7. The molecule has 2 amide bonds. The van der Waals surface area contributed by atoms with Crippen LogP contribution < -0.4 is 10.1 Å². The molecule has 228 valence electrons. The predicted molar refractivity (Wildman–Crippen MR) is 161 cm³/mol. The maximum absolute atomic E-state index is 14.0. The average molecular weight is 589 g/mol. The van der Waals surface area contributed by atoms with Gasteiger partial charge >= 0.3 is 12.1 Å². The first-order chi connectivity index (χ1) is 20.3. The molecule has 0 aliphatic carbocycles. The molecule has 0 unspecified atom stereocenters. The predicted octanol–water partition coefficient (Wildman–Crippen LogP) is 4.93. The van der Waals surface area contributed by atoms with E-state index in [0.717, 1.165) is 29.5 Å². The Hall–Kier alpha value is -4.21. The van der Waals surface area contributed by atoms with Crippen molar-refractivity contribution >= 4 is 29.0 Å². The van der Waals surface area contributed by atoms with Crippen molar-refractivity contribution in [2.24, 2.45) is 10.8 Å². The number of cyclic esters (lactones) is 1. The molecule has 4 bridgehead atoms. The summed E-state index contributed by atoms with van der Waals surface area (Å²) < 4.78 is 17.2. The second kappa shape index (κ2) is 11.8. The Kier molecular flexibility index (Phi) is 8.31. The number of hydrogen-bond acceptors (Lipinski definition) is 8. The van der Waals surface area contributed by atoms with Gasteiger partial charge in [-0.3, -0.25) is 4.79 Å². The summed E-state index contributed by atoms with van der Waals surface area (Å²) in [5, 5.41) is 2.78. The number of fused-ring (bicyclic) bond motifs is 7. The largest absolute Gasteiger partial charge is 0.471 e. The number of amides is 2. The van der Waals surface area contributed by atoms with Crippen molar-refractivity contribution in [3.8, 4) is 17.1 Å². The number of carbonyl (C=O) groups is 3. The molecule has 10 nitrogen and oxygen atoms in total. The van der Waals surface area contributed by atoms with E-state index in [0.29, 0.717) is 17.1 Å². The summed E-state index contributed by atoms with van der Waals surface area (Å²) >= 11 is 0. The van der Waals surface area contributed by atoms with Crippen molar-refractivity contribution < 1.29 is 28.6 Å². The monoisotopic (exact) mass is 588 g/mol. The van der Waals surface area contributed by atoms with Crippen molar-refractivity contribution in [3.05, 3.63) is 54.1 Å². The fraction of sp³-hybridized carbons (Fsp3) is 0.485. The SMILES string of the molecule is COC(=O)[C@@H]1C[C@@H]2CN1C(=O)[C@H](C(C)(C)C)NC(=O)OCC(C)(C)CCc1cccc(c1)-c1nc3ccccc3nc1O2. The Balaban J connectivity index is 1.60. The number of benzene rings is 2. The number of rotatable bonds is 1. The zero-order valence-electron chi connectivity index (χ0n) is 25.7. The molecule has 0 radical (unpaired) electrons. The topological polar surface area (TPSA) is 120 Å². The maximum Gasteiger partial charge on any atom is 0.407 e. The summed E-state index contributed by atoms with van der Waals surface area (Å²) in [7, 11) is 1.29. The number of alkyl carbamates (subject to hydrolysis) is 1. The van der Waals surface area contributed by atoms with Gasteiger partial charge in [0.05, 0.1) is 31.3 Å². The van der Waals surface area contributed by atoms with Crippen LogP contribution in [0.5, 0.6) is 5.88 Å². The van der Waals surface area contributed by atoms with Gasteiger partial charge in [0, 0.05) is 12.0 Å². The fourth-order valence-electron chi connectivity index (χ4n) is 5.56. The summed E-state index contributed by atoms with van der Waals surface area (Å²) in [6, 6.07) is 13.8. The third-order valence-electron chi connectivity index (χ3n) is 8.10. The van der Waals surface area contributed by atoms with Crippen LogP contribution in [0.3, 0.4) is 0 Å².